The maximum Gasteiger partial charge on any atom is 0.569 e. The van der Waals surface area contributed by atoms with Crippen molar-refractivity contribution in [3.8, 4) is 17.0 Å². The van der Waals surface area contributed by atoms with Crippen molar-refractivity contribution in [2.24, 2.45) is 0 Å². The number of aromatic nitrogens is 10. The maximum atomic E-state index is 12.6. The van der Waals surface area contributed by atoms with E-state index in [0.29, 0.717) is 82.6 Å². The van der Waals surface area contributed by atoms with E-state index in [1.54, 1.807) is 52.3 Å². The number of hydrogen-bond acceptors (Lipinski definition) is 18. The molecule has 8 heterocycles. The molecule has 0 aliphatic carbocycles. The maximum absolute atomic E-state index is 12.6. The summed E-state index contributed by atoms with van der Waals surface area (Å²) in [5.41, 5.74) is 17.7. The molecule has 8 aromatic rings. The second-order valence-corrected chi connectivity index (χ2v) is 19.5. The van der Waals surface area contributed by atoms with E-state index in [1.807, 2.05) is 41.4 Å². The zero-order valence-electron chi connectivity index (χ0n) is 40.1. The van der Waals surface area contributed by atoms with E-state index in [4.69, 9.17) is 26.2 Å². The second kappa shape index (κ2) is 23.9. The van der Waals surface area contributed by atoms with Gasteiger partial charge in [-0.05, 0) is 146 Å². The van der Waals surface area contributed by atoms with E-state index in [-0.39, 0.29) is 35.7 Å². The smallest absolute Gasteiger partial charge is 0.537 e. The highest BCUT2D eigenvalue weighted by atomic mass is 127. The van der Waals surface area contributed by atoms with Crippen LogP contribution >= 0.6 is 45.7 Å². The molecule has 74 heavy (non-hydrogen) atoms. The summed E-state index contributed by atoms with van der Waals surface area (Å²) in [7, 11) is 0.592. The first kappa shape index (κ1) is 52.6. The van der Waals surface area contributed by atoms with Gasteiger partial charge in [0.2, 0.25) is 11.8 Å². The number of fused-ring (bicyclic) bond motifs is 2. The standard InChI is InChI=1S/C24H24N8O2S.C13H15IN6O.C11H10BN2O3S/c1-3-19(33)31-10-4-5-17(12-31)32-23-20(22(25)26-13-27-23)21(29-32)15-6-8-16(9-7-15)24(34)28-18-11-14(2)30-35-18;1-2-9(21)19-5-3-4-8(6-19)20-13-10(11(14)18-20)12(15)16-7-17-13;1-7-6-10(18-14-7)13-11(15)8-2-4-9(5-3-8)17-12-16/h3,6-9,11,13,17H,1,4-5,10,12H2,2H3,(H,28,34)(H2,25,26,27);2,7-8H,1,3-6H2,(H2,15,16,17);2-6,16H,1H3,(H,13,15)/t17-;8-;/m11./s1. The van der Waals surface area contributed by atoms with Gasteiger partial charge >= 0.3 is 7.69 Å². The first-order chi connectivity index (χ1) is 35.7. The highest BCUT2D eigenvalue weighted by Crippen LogP contribution is 2.35. The molecular weight excluding hydrogens is 1100 g/mol. The Morgan fingerprint density at radius 2 is 1.20 bits per heavy atom. The fourth-order valence-corrected chi connectivity index (χ4v) is 10.4. The number of nitrogens with zero attached hydrogens (tertiary/aromatic N) is 12. The molecule has 2 aliphatic rings. The lowest BCUT2D eigenvalue weighted by Gasteiger charge is -2.32. The van der Waals surface area contributed by atoms with Gasteiger partial charge in [0.25, 0.3) is 11.8 Å². The molecule has 0 saturated carbocycles. The third kappa shape index (κ3) is 12.2. The van der Waals surface area contributed by atoms with Gasteiger partial charge in [0.15, 0.2) is 11.3 Å². The van der Waals surface area contributed by atoms with Crippen LogP contribution < -0.4 is 26.8 Å². The van der Waals surface area contributed by atoms with Crippen LogP contribution in [0.3, 0.4) is 0 Å². The van der Waals surface area contributed by atoms with Crippen molar-refractivity contribution in [3.05, 3.63) is 125 Å². The average molecular weight is 1150 g/mol. The molecule has 2 fully saturated rings. The Morgan fingerprint density at radius 1 is 0.730 bits per heavy atom. The van der Waals surface area contributed by atoms with Crippen molar-refractivity contribution >= 4 is 121 Å². The van der Waals surface area contributed by atoms with Crippen molar-refractivity contribution in [3.63, 3.8) is 0 Å². The fourth-order valence-electron chi connectivity index (χ4n) is 8.37. The molecule has 22 nitrogen and oxygen atoms in total. The Kier molecular flexibility index (Phi) is 17.0. The Morgan fingerprint density at radius 3 is 1.68 bits per heavy atom. The van der Waals surface area contributed by atoms with Gasteiger partial charge in [0, 0.05) is 42.9 Å². The van der Waals surface area contributed by atoms with Gasteiger partial charge in [-0.3, -0.25) is 19.2 Å². The molecule has 2 atom stereocenters. The summed E-state index contributed by atoms with van der Waals surface area (Å²) in [5.74, 6) is 0.662. The normalized spacial score (nSPS) is 15.2. The van der Waals surface area contributed by atoms with Crippen LogP contribution in [0.1, 0.15) is 69.9 Å². The van der Waals surface area contributed by atoms with Crippen LogP contribution in [0.15, 0.2) is 98.6 Å². The molecule has 0 bridgehead atoms. The van der Waals surface area contributed by atoms with E-state index in [1.165, 1.54) is 47.9 Å². The molecule has 10 rings (SSSR count). The zero-order chi connectivity index (χ0) is 52.5. The second-order valence-electron chi connectivity index (χ2n) is 16.9. The summed E-state index contributed by atoms with van der Waals surface area (Å²) < 4.78 is 17.5. The Bertz CT molecular complexity index is 3350. The number of nitrogens with two attached hydrogens (primary N) is 2. The van der Waals surface area contributed by atoms with E-state index in [0.717, 1.165) is 63.9 Å². The van der Waals surface area contributed by atoms with Crippen LogP contribution in [0.4, 0.5) is 21.6 Å². The zero-order valence-corrected chi connectivity index (χ0v) is 43.9. The number of halogens is 1. The van der Waals surface area contributed by atoms with E-state index >= 15 is 0 Å². The minimum Gasteiger partial charge on any atom is -0.537 e. The van der Waals surface area contributed by atoms with Gasteiger partial charge in [-0.1, -0.05) is 25.3 Å². The van der Waals surface area contributed by atoms with E-state index < -0.39 is 0 Å². The Hall–Kier alpha value is -7.69. The molecule has 26 heteroatoms. The number of likely N-dealkylation sites (tertiary alicyclic amines) is 2. The highest BCUT2D eigenvalue weighted by Gasteiger charge is 2.29. The van der Waals surface area contributed by atoms with Gasteiger partial charge in [-0.2, -0.15) is 18.9 Å². The monoisotopic (exact) mass is 1150 g/mol. The van der Waals surface area contributed by atoms with Crippen LogP contribution in [0.5, 0.6) is 5.75 Å². The number of piperidine rings is 2. The fraction of sp³-hybridized carbons (Fsp3) is 0.250. The average Bonchev–Trinajstić information content (AvgIpc) is 4.22. The summed E-state index contributed by atoms with van der Waals surface area (Å²) >= 11 is 4.62. The van der Waals surface area contributed by atoms with E-state index in [9.17, 15) is 19.2 Å². The summed E-state index contributed by atoms with van der Waals surface area (Å²) in [6.07, 6.45) is 9.16. The lowest BCUT2D eigenvalue weighted by atomic mass is 10.1. The van der Waals surface area contributed by atoms with Gasteiger partial charge in [-0.25, -0.2) is 29.3 Å². The lowest BCUT2D eigenvalue weighted by molar-refractivity contribution is -0.128. The number of hydrogen-bond donors (Lipinski definition) is 5. The number of nitrogens with one attached hydrogen (secondary N) is 2. The quantitative estimate of drug-likeness (QED) is 0.0531. The SMILES string of the molecule is C=CC(=O)N1CCC[C@@H](n2nc(-c3ccc(C(=O)Nc4cc(C)ns4)cc3)c3c(N)ncnc32)C1.C=CC(=O)N1CCC[C@@H](n2nc(I)c3c(N)ncnc32)C1.Cc1cc(NC(=O)c2ccc(O[B]O)cc2)sn1. The predicted molar refractivity (Wildman–Crippen MR) is 292 cm³/mol. The Balaban J connectivity index is 0.000000160. The van der Waals surface area contributed by atoms with Crippen LogP contribution in [0.2, 0.25) is 0 Å². The number of benzene rings is 2. The van der Waals surface area contributed by atoms with Crippen molar-refractivity contribution in [2.45, 2.75) is 51.6 Å². The first-order valence-corrected chi connectivity index (χ1v) is 25.7. The third-order valence-electron chi connectivity index (χ3n) is 11.9. The van der Waals surface area contributed by atoms with Crippen LogP contribution in [-0.2, 0) is 9.59 Å². The number of anilines is 4. The topological polar surface area (TPSA) is 293 Å². The molecule has 0 unspecified atom stereocenters. The number of rotatable bonds is 11. The number of nitrogen functional groups attached to an aromatic ring is 2. The van der Waals surface area contributed by atoms with Crippen molar-refractivity contribution in [2.75, 3.05) is 48.3 Å². The minimum absolute atomic E-state index is 0.0417. The minimum atomic E-state index is -0.215. The van der Waals surface area contributed by atoms with Gasteiger partial charge in [0.05, 0.1) is 34.2 Å². The summed E-state index contributed by atoms with van der Waals surface area (Å²) in [4.78, 5) is 69.0. The molecule has 2 saturated heterocycles. The molecule has 2 aromatic carbocycles. The largest absolute Gasteiger partial charge is 0.569 e. The molecule has 379 valence electrons. The molecule has 0 spiro atoms. The van der Waals surface area contributed by atoms with Crippen molar-refractivity contribution < 1.29 is 28.9 Å². The van der Waals surface area contributed by atoms with Gasteiger partial charge < -0.3 is 41.6 Å². The lowest BCUT2D eigenvalue weighted by Crippen LogP contribution is -2.40. The Labute approximate surface area is 446 Å². The summed E-state index contributed by atoms with van der Waals surface area (Å²) in [6.45, 7) is 13.5. The number of carbonyl (C=O) groups is 4. The summed E-state index contributed by atoms with van der Waals surface area (Å²) in [5, 5.41) is 26.3. The van der Waals surface area contributed by atoms with Crippen LogP contribution in [-0.4, -0.2) is 121 Å². The molecule has 4 amide bonds. The van der Waals surface area contributed by atoms with Crippen LogP contribution in [0, 0.1) is 17.5 Å². The van der Waals surface area contributed by atoms with Gasteiger partial charge in [0.1, 0.15) is 49.4 Å². The number of amides is 4. The molecule has 7 N–H and O–H groups in total. The first-order valence-electron chi connectivity index (χ1n) is 23.0. The van der Waals surface area contributed by atoms with E-state index in [2.05, 4.69) is 80.2 Å². The number of carbonyl (C=O) groups excluding carboxylic acids is 4. The van der Waals surface area contributed by atoms with Crippen molar-refractivity contribution in [1.82, 2.24) is 58.0 Å². The van der Waals surface area contributed by atoms with Gasteiger partial charge in [-0.15, -0.1) is 0 Å². The summed E-state index contributed by atoms with van der Waals surface area (Å²) in [6, 6.07) is 17.3. The molecular formula is C48H49BIN16O6S2. The molecule has 2 aliphatic heterocycles. The molecule has 1 radical (unpaired) electrons. The molecule has 6 aromatic heterocycles. The van der Waals surface area contributed by atoms with Crippen LogP contribution in [0.25, 0.3) is 33.3 Å². The number of aryl methyl sites for hydroxylation is 2. The van der Waals surface area contributed by atoms with Crippen molar-refractivity contribution in [1.29, 1.82) is 0 Å². The third-order valence-corrected chi connectivity index (χ3v) is 14.3. The predicted octanol–water partition coefficient (Wildman–Crippen LogP) is 6.41. The highest BCUT2D eigenvalue weighted by molar-refractivity contribution is 14.1.